The molecule has 0 fully saturated rings. The molecule has 0 spiro atoms. The first kappa shape index (κ1) is 20.4. The van der Waals surface area contributed by atoms with Crippen molar-refractivity contribution in [3.05, 3.63) is 72.4 Å². The highest BCUT2D eigenvalue weighted by Crippen LogP contribution is 2.30. The second-order valence-electron chi connectivity index (χ2n) is 7.15. The molecule has 8 heteroatoms. The molecule has 0 amide bonds. The molecule has 4 aromatic rings. The van der Waals surface area contributed by atoms with Crippen LogP contribution in [0, 0.1) is 0 Å². The lowest BCUT2D eigenvalue weighted by Crippen LogP contribution is -2.18. The average molecular weight is 414 g/mol. The Labute approximate surface area is 179 Å². The topological polar surface area (TPSA) is 114 Å². The van der Waals surface area contributed by atoms with Crippen molar-refractivity contribution in [3.8, 4) is 34.3 Å². The molecule has 0 aliphatic carbocycles. The van der Waals surface area contributed by atoms with E-state index in [9.17, 15) is 5.11 Å². The van der Waals surface area contributed by atoms with Crippen molar-refractivity contribution in [2.24, 2.45) is 0 Å². The molecule has 2 aromatic carbocycles. The number of anilines is 1. The predicted molar refractivity (Wildman–Crippen MR) is 119 cm³/mol. The fourth-order valence-corrected chi connectivity index (χ4v) is 3.12. The van der Waals surface area contributed by atoms with Gasteiger partial charge in [-0.3, -0.25) is 4.90 Å². The van der Waals surface area contributed by atoms with Gasteiger partial charge in [0.1, 0.15) is 6.23 Å². The van der Waals surface area contributed by atoms with Gasteiger partial charge in [0.05, 0.1) is 11.9 Å². The van der Waals surface area contributed by atoms with Gasteiger partial charge in [0, 0.05) is 11.1 Å². The summed E-state index contributed by atoms with van der Waals surface area (Å²) in [5.74, 6) is 0.718. The maximum absolute atomic E-state index is 10.2. The van der Waals surface area contributed by atoms with Gasteiger partial charge in [-0.05, 0) is 31.3 Å². The van der Waals surface area contributed by atoms with E-state index in [1.54, 1.807) is 17.2 Å². The van der Waals surface area contributed by atoms with Crippen molar-refractivity contribution in [1.29, 1.82) is 0 Å². The number of rotatable bonds is 6. The number of hydrogen-bond donors (Lipinski definition) is 2. The quantitative estimate of drug-likeness (QED) is 0.460. The second-order valence-corrected chi connectivity index (χ2v) is 7.15. The van der Waals surface area contributed by atoms with Gasteiger partial charge in [-0.2, -0.15) is 0 Å². The van der Waals surface area contributed by atoms with Gasteiger partial charge in [0.15, 0.2) is 11.5 Å². The molecule has 0 bridgehead atoms. The van der Waals surface area contributed by atoms with E-state index in [2.05, 4.69) is 26.7 Å². The third-order valence-electron chi connectivity index (χ3n) is 4.83. The largest absolute Gasteiger partial charge is 0.414 e. The fraction of sp³-hybridized carbons (Fsp3) is 0.130. The molecular weight excluding hydrogens is 392 g/mol. The van der Waals surface area contributed by atoms with Gasteiger partial charge < -0.3 is 15.3 Å². The normalized spacial score (nSPS) is 12.1. The summed E-state index contributed by atoms with van der Waals surface area (Å²) in [5.41, 5.74) is 10.2. The zero-order chi connectivity index (χ0) is 22.0. The van der Waals surface area contributed by atoms with Gasteiger partial charge >= 0.3 is 0 Å². The molecule has 156 valence electrons. The molecule has 1 atom stereocenters. The molecule has 2 aromatic heterocycles. The smallest absolute Gasteiger partial charge is 0.270 e. The van der Waals surface area contributed by atoms with E-state index < -0.39 is 6.23 Å². The van der Waals surface area contributed by atoms with Gasteiger partial charge in [-0.15, -0.1) is 10.2 Å². The Balaban J connectivity index is 1.68. The molecule has 2 heterocycles. The first-order chi connectivity index (χ1) is 15.0. The molecule has 4 rings (SSSR count). The number of aliphatic hydroxyl groups excluding tert-OH is 1. The Morgan fingerprint density at radius 1 is 1.06 bits per heavy atom. The number of benzene rings is 2. The minimum absolute atomic E-state index is 0.181. The highest BCUT2D eigenvalue weighted by atomic mass is 16.4. The summed E-state index contributed by atoms with van der Waals surface area (Å²) < 4.78 is 5.86. The molecule has 1 unspecified atom stereocenters. The van der Waals surface area contributed by atoms with Crippen LogP contribution in [0.5, 0.6) is 0 Å². The predicted octanol–water partition coefficient (Wildman–Crippen LogP) is 3.64. The van der Waals surface area contributed by atoms with Crippen LogP contribution in [0.15, 0.2) is 65.7 Å². The molecule has 0 aliphatic rings. The highest BCUT2D eigenvalue weighted by Gasteiger charge is 2.18. The molecule has 0 saturated carbocycles. The van der Waals surface area contributed by atoms with Crippen molar-refractivity contribution in [2.45, 2.75) is 6.23 Å². The monoisotopic (exact) mass is 414 g/mol. The number of aromatic nitrogens is 4. The SMILES string of the molecule is C=Cc1ccccc1-c1nnc(-c2nc(-c3ccc(C(O)N(C)C)cc3)cnc2N)o1. The molecule has 0 aliphatic heterocycles. The summed E-state index contributed by atoms with van der Waals surface area (Å²) in [5, 5.41) is 18.4. The van der Waals surface area contributed by atoms with Crippen molar-refractivity contribution in [3.63, 3.8) is 0 Å². The van der Waals surface area contributed by atoms with E-state index in [0.717, 1.165) is 22.3 Å². The first-order valence-corrected chi connectivity index (χ1v) is 9.61. The Kier molecular flexibility index (Phi) is 5.57. The molecule has 31 heavy (non-hydrogen) atoms. The Hall–Kier alpha value is -3.88. The number of nitrogen functional groups attached to an aromatic ring is 1. The number of nitrogens with two attached hydrogens (primary N) is 1. The van der Waals surface area contributed by atoms with Crippen LogP contribution in [-0.4, -0.2) is 44.3 Å². The van der Waals surface area contributed by atoms with Crippen LogP contribution in [-0.2, 0) is 0 Å². The van der Waals surface area contributed by atoms with Gasteiger partial charge in [-0.1, -0.05) is 55.1 Å². The highest BCUT2D eigenvalue weighted by molar-refractivity contribution is 5.71. The summed E-state index contributed by atoms with van der Waals surface area (Å²) in [6.45, 7) is 3.82. The Bertz CT molecular complexity index is 1220. The van der Waals surface area contributed by atoms with E-state index in [4.69, 9.17) is 10.2 Å². The molecular formula is C23H22N6O2. The molecule has 0 radical (unpaired) electrons. The minimum Gasteiger partial charge on any atom is -0.414 e. The van der Waals surface area contributed by atoms with Crippen molar-refractivity contribution in [2.75, 3.05) is 19.8 Å². The van der Waals surface area contributed by atoms with Gasteiger partial charge in [0.25, 0.3) is 5.89 Å². The molecule has 3 N–H and O–H groups in total. The maximum Gasteiger partial charge on any atom is 0.270 e. The van der Waals surface area contributed by atoms with E-state index in [-0.39, 0.29) is 11.7 Å². The fourth-order valence-electron chi connectivity index (χ4n) is 3.12. The maximum atomic E-state index is 10.2. The van der Waals surface area contributed by atoms with E-state index >= 15 is 0 Å². The number of nitrogens with zero attached hydrogens (tertiary/aromatic N) is 5. The van der Waals surface area contributed by atoms with Crippen LogP contribution < -0.4 is 5.73 Å². The summed E-state index contributed by atoms with van der Waals surface area (Å²) in [6.07, 6.45) is 2.63. The summed E-state index contributed by atoms with van der Waals surface area (Å²) >= 11 is 0. The number of hydrogen-bond acceptors (Lipinski definition) is 8. The summed E-state index contributed by atoms with van der Waals surface area (Å²) in [7, 11) is 3.62. The van der Waals surface area contributed by atoms with Crippen LogP contribution in [0.25, 0.3) is 40.4 Å². The number of aliphatic hydroxyl groups is 1. The Morgan fingerprint density at radius 3 is 2.48 bits per heavy atom. The lowest BCUT2D eigenvalue weighted by Gasteiger charge is -2.18. The Morgan fingerprint density at radius 2 is 1.77 bits per heavy atom. The molecule has 0 saturated heterocycles. The van der Waals surface area contributed by atoms with Crippen LogP contribution in [0.4, 0.5) is 5.82 Å². The zero-order valence-corrected chi connectivity index (χ0v) is 17.2. The third-order valence-corrected chi connectivity index (χ3v) is 4.83. The molecule has 8 nitrogen and oxygen atoms in total. The van der Waals surface area contributed by atoms with Crippen molar-refractivity contribution < 1.29 is 9.52 Å². The average Bonchev–Trinajstić information content (AvgIpc) is 3.29. The van der Waals surface area contributed by atoms with Crippen LogP contribution in [0.3, 0.4) is 0 Å². The van der Waals surface area contributed by atoms with Crippen LogP contribution >= 0.6 is 0 Å². The lowest BCUT2D eigenvalue weighted by atomic mass is 10.1. The van der Waals surface area contributed by atoms with E-state index in [1.165, 1.54) is 0 Å². The summed E-state index contributed by atoms with van der Waals surface area (Å²) in [4.78, 5) is 10.6. The van der Waals surface area contributed by atoms with Crippen LogP contribution in [0.2, 0.25) is 0 Å². The van der Waals surface area contributed by atoms with Crippen LogP contribution in [0.1, 0.15) is 17.4 Å². The zero-order valence-electron chi connectivity index (χ0n) is 17.2. The van der Waals surface area contributed by atoms with E-state index in [0.29, 0.717) is 17.3 Å². The van der Waals surface area contributed by atoms with Gasteiger partial charge in [-0.25, -0.2) is 9.97 Å². The second kappa shape index (κ2) is 8.47. The minimum atomic E-state index is -0.683. The third kappa shape index (κ3) is 4.07. The van der Waals surface area contributed by atoms with Crippen molar-refractivity contribution >= 4 is 11.9 Å². The van der Waals surface area contributed by atoms with Gasteiger partial charge in [0.2, 0.25) is 5.89 Å². The van der Waals surface area contributed by atoms with E-state index in [1.807, 2.05) is 62.6 Å². The summed E-state index contributed by atoms with van der Waals surface area (Å²) in [6, 6.07) is 15.0. The lowest BCUT2D eigenvalue weighted by molar-refractivity contribution is 0.0395. The standard InChI is InChI=1S/C23H22N6O2/c1-4-14-7-5-6-8-17(14)21-27-28-22(31-21)19-20(24)25-13-18(26-19)15-9-11-16(12-10-15)23(30)29(2)3/h4-13,23,30H,1H2,2-3H3,(H2,24,25). The first-order valence-electron chi connectivity index (χ1n) is 9.61. The van der Waals surface area contributed by atoms with Crippen molar-refractivity contribution in [1.82, 2.24) is 25.1 Å².